The van der Waals surface area contributed by atoms with Crippen LogP contribution < -0.4 is 14.4 Å². The Kier molecular flexibility index (Phi) is 6.98. The van der Waals surface area contributed by atoms with Gasteiger partial charge in [0, 0.05) is 11.3 Å². The molecule has 0 spiro atoms. The number of amides is 1. The highest BCUT2D eigenvalue weighted by atomic mass is 35.5. The second kappa shape index (κ2) is 10.1. The summed E-state index contributed by atoms with van der Waals surface area (Å²) in [5.41, 5.74) is 1.29. The summed E-state index contributed by atoms with van der Waals surface area (Å²) in [6.07, 6.45) is 0. The van der Waals surface area contributed by atoms with Gasteiger partial charge >= 0.3 is 5.97 Å². The highest BCUT2D eigenvalue weighted by Crippen LogP contribution is 2.43. The summed E-state index contributed by atoms with van der Waals surface area (Å²) < 4.78 is 15.2. The molecule has 36 heavy (non-hydrogen) atoms. The monoisotopic (exact) mass is 507 g/mol. The minimum atomic E-state index is -0.982. The molecule has 1 unspecified atom stereocenters. The number of halogens is 1. The molecule has 1 aliphatic rings. The topological polar surface area (TPSA) is 102 Å². The molecule has 0 radical (unpaired) electrons. The van der Waals surface area contributed by atoms with Gasteiger partial charge in [0.05, 0.1) is 43.5 Å². The lowest BCUT2D eigenvalue weighted by atomic mass is 9.95. The molecule has 1 saturated heterocycles. The molecule has 1 amide bonds. The number of methoxy groups -OCH3 is 3. The van der Waals surface area contributed by atoms with E-state index in [4.69, 9.17) is 25.8 Å². The first-order valence-electron chi connectivity index (χ1n) is 10.8. The summed E-state index contributed by atoms with van der Waals surface area (Å²) in [6, 6.07) is 16.5. The highest BCUT2D eigenvalue weighted by molar-refractivity contribution is 6.51. The third-order valence-electron chi connectivity index (χ3n) is 5.85. The number of Topliss-reactive ketones (excluding diaryl/α,β-unsaturated/α-hetero) is 1. The smallest absolute Gasteiger partial charge is 0.337 e. The van der Waals surface area contributed by atoms with Gasteiger partial charge in [0.1, 0.15) is 17.3 Å². The Morgan fingerprint density at radius 3 is 2.22 bits per heavy atom. The van der Waals surface area contributed by atoms with Crippen molar-refractivity contribution in [2.45, 2.75) is 6.04 Å². The maximum atomic E-state index is 13.3. The number of anilines is 1. The first-order valence-corrected chi connectivity index (χ1v) is 11.2. The van der Waals surface area contributed by atoms with Gasteiger partial charge in [-0.15, -0.1) is 0 Å². The van der Waals surface area contributed by atoms with E-state index in [0.717, 1.165) is 0 Å². The van der Waals surface area contributed by atoms with Crippen molar-refractivity contribution < 1.29 is 33.7 Å². The van der Waals surface area contributed by atoms with E-state index in [9.17, 15) is 19.5 Å². The van der Waals surface area contributed by atoms with Gasteiger partial charge in [-0.25, -0.2) is 4.79 Å². The summed E-state index contributed by atoms with van der Waals surface area (Å²) in [6.45, 7) is 0. The number of aliphatic hydroxyl groups is 1. The summed E-state index contributed by atoms with van der Waals surface area (Å²) in [4.78, 5) is 39.7. The molecule has 8 nitrogen and oxygen atoms in total. The molecule has 0 aromatic heterocycles. The van der Waals surface area contributed by atoms with Gasteiger partial charge in [-0.2, -0.15) is 0 Å². The van der Waals surface area contributed by atoms with Gasteiger partial charge in [0.2, 0.25) is 0 Å². The average Bonchev–Trinajstić information content (AvgIpc) is 3.17. The molecular weight excluding hydrogens is 486 g/mol. The van der Waals surface area contributed by atoms with Gasteiger partial charge in [-0.3, -0.25) is 14.5 Å². The molecule has 184 valence electrons. The number of carbonyl (C=O) groups excluding carboxylic acids is 3. The van der Waals surface area contributed by atoms with E-state index in [1.807, 2.05) is 0 Å². The second-order valence-corrected chi connectivity index (χ2v) is 8.24. The normalized spacial score (nSPS) is 16.7. The SMILES string of the molecule is COC(=O)c1ccc(N2C(=O)C(=O)/C(=C(\O)c3ccc(OC)c(Cl)c3)C2c2cccc(OC)c2)cc1. The average molecular weight is 508 g/mol. The fraction of sp³-hybridized carbons (Fsp3) is 0.148. The minimum absolute atomic E-state index is 0.119. The van der Waals surface area contributed by atoms with Gasteiger partial charge in [0.25, 0.3) is 11.7 Å². The Hall–Kier alpha value is -4.30. The molecule has 4 rings (SSSR count). The predicted molar refractivity (Wildman–Crippen MR) is 134 cm³/mol. The molecular formula is C27H22ClNO7. The molecule has 1 aliphatic heterocycles. The zero-order valence-corrected chi connectivity index (χ0v) is 20.4. The molecule has 0 saturated carbocycles. The van der Waals surface area contributed by atoms with Crippen LogP contribution in [0.5, 0.6) is 11.5 Å². The minimum Gasteiger partial charge on any atom is -0.507 e. The lowest BCUT2D eigenvalue weighted by Crippen LogP contribution is -2.29. The van der Waals surface area contributed by atoms with E-state index >= 15 is 0 Å². The lowest BCUT2D eigenvalue weighted by Gasteiger charge is -2.26. The van der Waals surface area contributed by atoms with Crippen LogP contribution in [0.2, 0.25) is 5.02 Å². The molecule has 1 N–H and O–H groups in total. The molecule has 1 heterocycles. The number of esters is 1. The van der Waals surface area contributed by atoms with E-state index in [-0.39, 0.29) is 27.5 Å². The number of rotatable bonds is 6. The van der Waals surface area contributed by atoms with Crippen LogP contribution in [0.25, 0.3) is 5.76 Å². The number of aliphatic hydroxyl groups excluding tert-OH is 1. The van der Waals surface area contributed by atoms with Crippen molar-refractivity contribution in [1.82, 2.24) is 0 Å². The number of hydrogen-bond acceptors (Lipinski definition) is 7. The fourth-order valence-electron chi connectivity index (χ4n) is 4.07. The van der Waals surface area contributed by atoms with Gasteiger partial charge in [0.15, 0.2) is 0 Å². The number of ether oxygens (including phenoxy) is 3. The Morgan fingerprint density at radius 2 is 1.61 bits per heavy atom. The molecule has 3 aromatic carbocycles. The van der Waals surface area contributed by atoms with Crippen LogP contribution in [-0.2, 0) is 14.3 Å². The van der Waals surface area contributed by atoms with Crippen LogP contribution in [-0.4, -0.2) is 44.1 Å². The summed E-state index contributed by atoms with van der Waals surface area (Å²) >= 11 is 6.24. The van der Waals surface area contributed by atoms with E-state index in [0.29, 0.717) is 22.7 Å². The van der Waals surface area contributed by atoms with Gasteiger partial charge in [-0.05, 0) is 60.2 Å². The van der Waals surface area contributed by atoms with Gasteiger partial charge < -0.3 is 19.3 Å². The second-order valence-electron chi connectivity index (χ2n) is 7.83. The van der Waals surface area contributed by atoms with Crippen LogP contribution in [0.15, 0.2) is 72.3 Å². The summed E-state index contributed by atoms with van der Waals surface area (Å²) in [5, 5.41) is 11.5. The van der Waals surface area contributed by atoms with Crippen molar-refractivity contribution >= 4 is 40.7 Å². The van der Waals surface area contributed by atoms with E-state index in [1.54, 1.807) is 36.4 Å². The fourth-order valence-corrected chi connectivity index (χ4v) is 4.33. The zero-order valence-electron chi connectivity index (χ0n) is 19.7. The number of ketones is 1. The molecule has 1 fully saturated rings. The predicted octanol–water partition coefficient (Wildman–Crippen LogP) is 4.77. The van der Waals surface area contributed by atoms with Crippen LogP contribution in [0, 0.1) is 0 Å². The highest BCUT2D eigenvalue weighted by Gasteiger charge is 2.47. The molecule has 9 heteroatoms. The largest absolute Gasteiger partial charge is 0.507 e. The number of carbonyl (C=O) groups is 3. The molecule has 3 aromatic rings. The number of nitrogens with zero attached hydrogens (tertiary/aromatic N) is 1. The quantitative estimate of drug-likeness (QED) is 0.222. The number of hydrogen-bond donors (Lipinski definition) is 1. The maximum absolute atomic E-state index is 13.3. The number of benzene rings is 3. The third-order valence-corrected chi connectivity index (χ3v) is 6.14. The van der Waals surface area contributed by atoms with Crippen molar-refractivity contribution in [3.63, 3.8) is 0 Å². The van der Waals surface area contributed by atoms with Crippen molar-refractivity contribution in [3.8, 4) is 11.5 Å². The third kappa shape index (κ3) is 4.38. The molecule has 1 atom stereocenters. The van der Waals surface area contributed by atoms with Crippen LogP contribution in [0.1, 0.15) is 27.5 Å². The molecule has 0 bridgehead atoms. The van der Waals surface area contributed by atoms with Crippen LogP contribution in [0.4, 0.5) is 5.69 Å². The Balaban J connectivity index is 1.91. The van der Waals surface area contributed by atoms with Crippen molar-refractivity contribution in [2.24, 2.45) is 0 Å². The summed E-state index contributed by atoms with van der Waals surface area (Å²) in [7, 11) is 4.23. The van der Waals surface area contributed by atoms with Crippen LogP contribution in [0.3, 0.4) is 0 Å². The standard InChI is InChI=1S/C27H22ClNO7/c1-34-19-6-4-5-16(13-19)23-22(24(30)17-9-12-21(35-2)20(28)14-17)25(31)26(32)29(23)18-10-7-15(8-11-18)27(33)36-3/h4-14,23,30H,1-3H3/b24-22-. The maximum Gasteiger partial charge on any atom is 0.337 e. The van der Waals surface area contributed by atoms with E-state index < -0.39 is 23.7 Å². The Bertz CT molecular complexity index is 1380. The van der Waals surface area contributed by atoms with E-state index in [1.165, 1.54) is 56.6 Å². The van der Waals surface area contributed by atoms with Crippen LogP contribution >= 0.6 is 11.6 Å². The van der Waals surface area contributed by atoms with E-state index in [2.05, 4.69) is 0 Å². The first kappa shape index (κ1) is 24.8. The van der Waals surface area contributed by atoms with Crippen molar-refractivity contribution in [2.75, 3.05) is 26.2 Å². The zero-order chi connectivity index (χ0) is 26.0. The Labute approximate surface area is 212 Å². The van der Waals surface area contributed by atoms with Crippen molar-refractivity contribution in [3.05, 3.63) is 94.0 Å². The van der Waals surface area contributed by atoms with Crippen molar-refractivity contribution in [1.29, 1.82) is 0 Å². The Morgan fingerprint density at radius 1 is 0.917 bits per heavy atom. The van der Waals surface area contributed by atoms with Gasteiger partial charge in [-0.1, -0.05) is 23.7 Å². The lowest BCUT2D eigenvalue weighted by molar-refractivity contribution is -0.132. The first-order chi connectivity index (χ1) is 17.3. The summed E-state index contributed by atoms with van der Waals surface area (Å²) in [5.74, 6) is -1.74. The molecule has 0 aliphatic carbocycles.